The van der Waals surface area contributed by atoms with Gasteiger partial charge >= 0.3 is 6.18 Å². The average molecular weight is 420 g/mol. The van der Waals surface area contributed by atoms with Gasteiger partial charge in [-0.25, -0.2) is 4.98 Å². The smallest absolute Gasteiger partial charge is 0.320 e. The first-order valence-corrected chi connectivity index (χ1v) is 9.17. The Morgan fingerprint density at radius 1 is 1.21 bits per heavy atom. The lowest BCUT2D eigenvalue weighted by Crippen LogP contribution is -2.07. The molecule has 0 saturated heterocycles. The van der Waals surface area contributed by atoms with Crippen molar-refractivity contribution >= 4 is 34.8 Å². The van der Waals surface area contributed by atoms with Crippen molar-refractivity contribution in [1.29, 1.82) is 0 Å². The highest BCUT2D eigenvalue weighted by molar-refractivity contribution is 7.13. The Morgan fingerprint density at radius 2 is 1.93 bits per heavy atom. The largest absolute Gasteiger partial charge is 0.416 e. The van der Waals surface area contributed by atoms with Crippen LogP contribution in [0.15, 0.2) is 48.9 Å². The highest BCUT2D eigenvalue weighted by atomic mass is 32.1. The number of carbonyl (C=O) groups excluding carboxylic acids is 2. The summed E-state index contributed by atoms with van der Waals surface area (Å²) in [6, 6.07) is 4.49. The van der Waals surface area contributed by atoms with Gasteiger partial charge in [0.2, 0.25) is 5.91 Å². The number of alkyl halides is 3. The average Bonchev–Trinajstić information content (AvgIpc) is 3.30. The zero-order valence-electron chi connectivity index (χ0n) is 15.1. The van der Waals surface area contributed by atoms with Crippen molar-refractivity contribution in [1.82, 2.24) is 14.8 Å². The third-order valence-corrected chi connectivity index (χ3v) is 4.82. The summed E-state index contributed by atoms with van der Waals surface area (Å²) in [5, 5.41) is 7.18. The highest BCUT2D eigenvalue weighted by Crippen LogP contribution is 2.29. The molecule has 3 aromatic rings. The second kappa shape index (κ2) is 8.39. The number of nitrogens with zero attached hydrogens (tertiary/aromatic N) is 3. The number of amides is 1. The summed E-state index contributed by atoms with van der Waals surface area (Å²) in [6.07, 6.45) is 2.94. The van der Waals surface area contributed by atoms with Gasteiger partial charge in [-0.3, -0.25) is 14.3 Å². The van der Waals surface area contributed by atoms with E-state index in [2.05, 4.69) is 15.4 Å². The third kappa shape index (κ3) is 5.61. The molecule has 2 aromatic heterocycles. The predicted molar refractivity (Wildman–Crippen MR) is 103 cm³/mol. The molecule has 0 aliphatic rings. The van der Waals surface area contributed by atoms with E-state index < -0.39 is 17.6 Å². The summed E-state index contributed by atoms with van der Waals surface area (Å²) in [5.74, 6) is -0.546. The minimum absolute atomic E-state index is 0.102. The summed E-state index contributed by atoms with van der Waals surface area (Å²) in [6.45, 7) is 1.85. The van der Waals surface area contributed by atoms with Gasteiger partial charge in [-0.1, -0.05) is 12.1 Å². The number of carbonyl (C=O) groups is 2. The molecule has 0 fully saturated rings. The van der Waals surface area contributed by atoms with Crippen LogP contribution in [0.2, 0.25) is 0 Å². The van der Waals surface area contributed by atoms with E-state index in [9.17, 15) is 22.8 Å². The Kier molecular flexibility index (Phi) is 5.92. The summed E-state index contributed by atoms with van der Waals surface area (Å²) in [4.78, 5) is 28.2. The van der Waals surface area contributed by atoms with E-state index >= 15 is 0 Å². The first-order valence-electron chi connectivity index (χ1n) is 8.35. The van der Waals surface area contributed by atoms with Crippen LogP contribution in [0, 0.1) is 0 Å². The predicted octanol–water partition coefficient (Wildman–Crippen LogP) is 4.26. The van der Waals surface area contributed by atoms with Crippen molar-refractivity contribution in [3.05, 3.63) is 69.9 Å². The SMILES string of the molecule is CC(=O)c1ncc(Cn2cc(NC(=O)/C=C\c3ccc(C(F)(F)F)cc3)cn2)s1. The molecule has 1 N–H and O–H groups in total. The molecule has 0 aliphatic heterocycles. The van der Waals surface area contributed by atoms with Crippen molar-refractivity contribution in [3.8, 4) is 0 Å². The first-order chi connectivity index (χ1) is 13.7. The molecule has 10 heteroatoms. The lowest BCUT2D eigenvalue weighted by molar-refractivity contribution is -0.137. The molecule has 29 heavy (non-hydrogen) atoms. The number of hydrogen-bond acceptors (Lipinski definition) is 5. The van der Waals surface area contributed by atoms with Crippen LogP contribution in [0.5, 0.6) is 0 Å². The minimum atomic E-state index is -4.40. The van der Waals surface area contributed by atoms with Crippen molar-refractivity contribution < 1.29 is 22.8 Å². The quantitative estimate of drug-likeness (QED) is 0.478. The number of anilines is 1. The topological polar surface area (TPSA) is 76.9 Å². The molecule has 150 valence electrons. The molecule has 0 aliphatic carbocycles. The first kappa shape index (κ1) is 20.5. The zero-order chi connectivity index (χ0) is 21.0. The Balaban J connectivity index is 1.57. The fraction of sp³-hybridized carbons (Fsp3) is 0.158. The second-order valence-electron chi connectivity index (χ2n) is 6.06. The van der Waals surface area contributed by atoms with Crippen LogP contribution >= 0.6 is 11.3 Å². The number of benzene rings is 1. The standard InChI is InChI=1S/C19H15F3N4O2S/c1-12(27)18-23-9-16(29-18)11-26-10-15(8-24-26)25-17(28)7-4-13-2-5-14(6-3-13)19(20,21)22/h2-10H,11H2,1H3,(H,25,28)/b7-4-. The van der Waals surface area contributed by atoms with Gasteiger partial charge in [0.15, 0.2) is 10.8 Å². The fourth-order valence-corrected chi connectivity index (χ4v) is 3.16. The summed E-state index contributed by atoms with van der Waals surface area (Å²) in [5.41, 5.74) is 0.182. The Hall–Kier alpha value is -3.27. The number of halogens is 3. The maximum Gasteiger partial charge on any atom is 0.416 e. The third-order valence-electron chi connectivity index (χ3n) is 3.74. The minimum Gasteiger partial charge on any atom is -0.320 e. The molecule has 0 saturated carbocycles. The van der Waals surface area contributed by atoms with Crippen molar-refractivity contribution in [2.75, 3.05) is 5.32 Å². The van der Waals surface area contributed by atoms with Crippen molar-refractivity contribution in [3.63, 3.8) is 0 Å². The van der Waals surface area contributed by atoms with Crippen LogP contribution in [-0.4, -0.2) is 26.5 Å². The van der Waals surface area contributed by atoms with Crippen molar-refractivity contribution in [2.45, 2.75) is 19.6 Å². The summed E-state index contributed by atoms with van der Waals surface area (Å²) >= 11 is 1.28. The molecule has 0 radical (unpaired) electrons. The molecule has 1 aromatic carbocycles. The zero-order valence-corrected chi connectivity index (χ0v) is 15.9. The van der Waals surface area contributed by atoms with E-state index in [1.54, 1.807) is 17.1 Å². The Bertz CT molecular complexity index is 1050. The Morgan fingerprint density at radius 3 is 2.55 bits per heavy atom. The van der Waals surface area contributed by atoms with Gasteiger partial charge in [0, 0.05) is 30.3 Å². The number of ketones is 1. The highest BCUT2D eigenvalue weighted by Gasteiger charge is 2.29. The number of thiazole rings is 1. The van der Waals surface area contributed by atoms with Crippen LogP contribution in [0.1, 0.15) is 32.7 Å². The van der Waals surface area contributed by atoms with Gasteiger partial charge in [-0.15, -0.1) is 11.3 Å². The normalized spacial score (nSPS) is 11.7. The number of nitrogens with one attached hydrogen (secondary N) is 1. The molecular weight excluding hydrogens is 405 g/mol. The second-order valence-corrected chi connectivity index (χ2v) is 7.17. The van der Waals surface area contributed by atoms with Crippen LogP contribution in [0.3, 0.4) is 0 Å². The number of hydrogen-bond donors (Lipinski definition) is 1. The van der Waals surface area contributed by atoms with E-state index in [-0.39, 0.29) is 5.78 Å². The van der Waals surface area contributed by atoms with Crippen LogP contribution in [0.25, 0.3) is 6.08 Å². The van der Waals surface area contributed by atoms with Crippen molar-refractivity contribution in [2.24, 2.45) is 0 Å². The number of Topliss-reactive ketones (excluding diaryl/α,β-unsaturated/α-hetero) is 1. The van der Waals surface area contributed by atoms with Crippen LogP contribution < -0.4 is 5.32 Å². The lowest BCUT2D eigenvalue weighted by Gasteiger charge is -2.05. The van der Waals surface area contributed by atoms with Gasteiger partial charge < -0.3 is 5.32 Å². The molecule has 1 amide bonds. The lowest BCUT2D eigenvalue weighted by atomic mass is 10.1. The van der Waals surface area contributed by atoms with Gasteiger partial charge in [0.25, 0.3) is 0 Å². The van der Waals surface area contributed by atoms with Gasteiger partial charge in [0.1, 0.15) is 0 Å². The number of rotatable bonds is 6. The van der Waals surface area contributed by atoms with Gasteiger partial charge in [-0.2, -0.15) is 18.3 Å². The molecule has 0 unspecified atom stereocenters. The van der Waals surface area contributed by atoms with E-state index in [1.807, 2.05) is 0 Å². The van der Waals surface area contributed by atoms with E-state index in [0.717, 1.165) is 17.0 Å². The molecular formula is C19H15F3N4O2S. The summed E-state index contributed by atoms with van der Waals surface area (Å²) in [7, 11) is 0. The van der Waals surface area contributed by atoms with E-state index in [4.69, 9.17) is 0 Å². The maximum atomic E-state index is 12.5. The van der Waals surface area contributed by atoms with Crippen LogP contribution in [-0.2, 0) is 17.5 Å². The maximum absolute atomic E-state index is 12.5. The van der Waals surface area contributed by atoms with Gasteiger partial charge in [0.05, 0.1) is 24.0 Å². The summed E-state index contributed by atoms with van der Waals surface area (Å²) < 4.78 is 39.2. The molecule has 0 bridgehead atoms. The van der Waals surface area contributed by atoms with Crippen LogP contribution in [0.4, 0.5) is 18.9 Å². The molecule has 2 heterocycles. The molecule has 0 spiro atoms. The van der Waals surface area contributed by atoms with E-state index in [1.165, 1.54) is 48.7 Å². The fourth-order valence-electron chi connectivity index (χ4n) is 2.36. The monoisotopic (exact) mass is 420 g/mol. The van der Waals surface area contributed by atoms with Gasteiger partial charge in [-0.05, 0) is 23.8 Å². The number of aromatic nitrogens is 3. The Labute approximate surface area is 167 Å². The van der Waals surface area contributed by atoms with E-state index in [0.29, 0.717) is 22.8 Å². The molecule has 6 nitrogen and oxygen atoms in total. The molecule has 3 rings (SSSR count). The molecule has 0 atom stereocenters.